The summed E-state index contributed by atoms with van der Waals surface area (Å²) in [5.74, 6) is 1.28. The van der Waals surface area contributed by atoms with Crippen LogP contribution in [0.5, 0.6) is 0 Å². The van der Waals surface area contributed by atoms with Crippen molar-refractivity contribution in [2.45, 2.75) is 21.3 Å². The molecule has 0 spiro atoms. The number of hydrogen-bond acceptors (Lipinski definition) is 15. The number of anilines is 6. The molecule has 0 unspecified atom stereocenters. The Morgan fingerprint density at radius 3 is 1.51 bits per heavy atom. The lowest BCUT2D eigenvalue weighted by Gasteiger charge is -2.26. The number of sulfonamides is 2. The van der Waals surface area contributed by atoms with Crippen molar-refractivity contribution in [3.63, 3.8) is 0 Å². The molecule has 0 radical (unpaired) electrons. The monoisotopic (exact) mass is 1050 g/mol. The topological polar surface area (TPSA) is 209 Å². The number of hydrogen-bond donors (Lipinski definition) is 4. The lowest BCUT2D eigenvalue weighted by molar-refractivity contribution is 0.0408. The van der Waals surface area contributed by atoms with Crippen molar-refractivity contribution in [1.82, 2.24) is 39.7 Å². The lowest BCUT2D eigenvalue weighted by Crippen LogP contribution is -2.39. The van der Waals surface area contributed by atoms with Crippen LogP contribution in [0.1, 0.15) is 18.6 Å². The molecule has 1 aliphatic heterocycles. The number of ether oxygens (including phenoxy) is 1. The van der Waals surface area contributed by atoms with E-state index >= 15 is 0 Å². The molecule has 4 aromatic heterocycles. The number of nitrogens with zero attached hydrogens (tertiary/aromatic N) is 8. The predicted octanol–water partition coefficient (Wildman–Crippen LogP) is 9.81. The van der Waals surface area contributed by atoms with E-state index < -0.39 is 20.0 Å². The van der Waals surface area contributed by atoms with Gasteiger partial charge in [0.15, 0.2) is 0 Å². The van der Waals surface area contributed by atoms with Crippen LogP contribution in [0.25, 0.3) is 44.1 Å². The highest BCUT2D eigenvalue weighted by Crippen LogP contribution is 2.33. The molecule has 8 aromatic rings. The SMILES string of the molecule is C.Cc1ccc(Nc2ncnc3ccc(-c4cncc(NS(=O)(=O)CCN(C)C)c4)cc23)cc1Cl.Cc1ccc(Nc2ncnc3ccc(-c4cncc(NS(=O)(=O)CCN5CCOCC5)c4)cc23)cc1Cl. The fourth-order valence-electron chi connectivity index (χ4n) is 7.43. The molecule has 0 bridgehead atoms. The third-order valence-corrected chi connectivity index (χ3v) is 14.8. The number of morpholine rings is 1. The molecule has 9 rings (SSSR count). The van der Waals surface area contributed by atoms with Crippen molar-refractivity contribution < 1.29 is 21.6 Å². The molecule has 72 heavy (non-hydrogen) atoms. The van der Waals surface area contributed by atoms with Crippen LogP contribution in [-0.4, -0.2) is 122 Å². The standard InChI is InChI=1S/C26H27ClN6O3S.C24H25ClN6O2S.CH4/c1-18-2-4-21(14-24(18)27)31-26-23-13-19(3-5-25(23)29-17-30-26)20-12-22(16-28-15-20)32-37(34,35)11-8-33-6-9-36-10-7-33;1-16-4-6-19(12-22(16)25)29-24-21-11-17(5-7-23(21)27-15-28-24)18-10-20(14-26-13-18)30-34(32,33)9-8-31(2)3;/h2-5,12-17,32H,6-11H2,1H3,(H,29,30,31);4-7,10-15,30H,8-9H2,1-3H3,(H,27,28,29);1H4. The summed E-state index contributed by atoms with van der Waals surface area (Å²) in [5.41, 5.74) is 9.23. The first kappa shape index (κ1) is 53.2. The predicted molar refractivity (Wildman–Crippen MR) is 292 cm³/mol. The van der Waals surface area contributed by atoms with Gasteiger partial charge in [-0.1, -0.05) is 54.9 Å². The second-order valence-electron chi connectivity index (χ2n) is 17.1. The first-order chi connectivity index (χ1) is 34.1. The highest BCUT2D eigenvalue weighted by atomic mass is 35.5. The molecule has 1 saturated heterocycles. The summed E-state index contributed by atoms with van der Waals surface area (Å²) in [6.45, 7) is 7.53. The molecular formula is C51H56Cl2N12O5S2. The van der Waals surface area contributed by atoms with Crippen molar-refractivity contribution in [3.05, 3.63) is 144 Å². The fraction of sp³-hybridized carbons (Fsp3) is 0.255. The third-order valence-electron chi connectivity index (χ3n) is 11.4. The van der Waals surface area contributed by atoms with Crippen LogP contribution in [0.4, 0.5) is 34.4 Å². The van der Waals surface area contributed by atoms with E-state index in [4.69, 9.17) is 27.9 Å². The van der Waals surface area contributed by atoms with Gasteiger partial charge in [0.2, 0.25) is 20.0 Å². The van der Waals surface area contributed by atoms with Crippen LogP contribution < -0.4 is 20.1 Å². The molecule has 1 aliphatic rings. The van der Waals surface area contributed by atoms with Crippen LogP contribution >= 0.6 is 23.2 Å². The van der Waals surface area contributed by atoms with E-state index in [-0.39, 0.29) is 18.9 Å². The summed E-state index contributed by atoms with van der Waals surface area (Å²) in [5, 5.41) is 9.59. The average molecular weight is 1050 g/mol. The molecule has 1 fully saturated rings. The number of aromatic nitrogens is 6. The van der Waals surface area contributed by atoms with Gasteiger partial charge in [0, 0.05) is 81.9 Å². The zero-order chi connectivity index (χ0) is 50.1. The van der Waals surface area contributed by atoms with E-state index in [2.05, 4.69) is 54.9 Å². The first-order valence-electron chi connectivity index (χ1n) is 22.5. The van der Waals surface area contributed by atoms with Crippen LogP contribution in [0.2, 0.25) is 10.0 Å². The van der Waals surface area contributed by atoms with E-state index in [0.717, 1.165) is 79.7 Å². The van der Waals surface area contributed by atoms with E-state index in [9.17, 15) is 16.8 Å². The second kappa shape index (κ2) is 23.8. The summed E-state index contributed by atoms with van der Waals surface area (Å²) in [6.07, 6.45) is 9.40. The zero-order valence-corrected chi connectivity index (χ0v) is 42.5. The molecule has 17 nitrogen and oxygen atoms in total. The van der Waals surface area contributed by atoms with Crippen molar-refractivity contribution in [1.29, 1.82) is 0 Å². The molecule has 0 amide bonds. The second-order valence-corrected chi connectivity index (χ2v) is 21.6. The van der Waals surface area contributed by atoms with Crippen LogP contribution in [0.15, 0.2) is 122 Å². The average Bonchev–Trinajstić information content (AvgIpc) is 3.35. The van der Waals surface area contributed by atoms with Crippen molar-refractivity contribution in [2.75, 3.05) is 85.1 Å². The maximum absolute atomic E-state index is 12.7. The summed E-state index contributed by atoms with van der Waals surface area (Å²) >= 11 is 12.6. The highest BCUT2D eigenvalue weighted by molar-refractivity contribution is 7.93. The number of rotatable bonds is 16. The van der Waals surface area contributed by atoms with Crippen LogP contribution in [0, 0.1) is 13.8 Å². The number of pyridine rings is 2. The summed E-state index contributed by atoms with van der Waals surface area (Å²) in [4.78, 5) is 30.0. The Balaban J connectivity index is 0.000000209. The van der Waals surface area contributed by atoms with E-state index in [1.807, 2.05) is 106 Å². The van der Waals surface area contributed by atoms with Crippen LogP contribution in [0.3, 0.4) is 0 Å². The maximum atomic E-state index is 12.7. The van der Waals surface area contributed by atoms with Crippen molar-refractivity contribution >= 4 is 99.4 Å². The molecule has 4 N–H and O–H groups in total. The quantitative estimate of drug-likeness (QED) is 0.0710. The minimum atomic E-state index is -3.53. The van der Waals surface area contributed by atoms with Crippen molar-refractivity contribution in [3.8, 4) is 22.3 Å². The molecule has 376 valence electrons. The Hall–Kier alpha value is -6.58. The maximum Gasteiger partial charge on any atom is 0.234 e. The number of halogens is 2. The lowest BCUT2D eigenvalue weighted by atomic mass is 10.0. The first-order valence-corrected chi connectivity index (χ1v) is 26.5. The van der Waals surface area contributed by atoms with Crippen LogP contribution in [-0.2, 0) is 24.8 Å². The number of benzene rings is 4. The Morgan fingerprint density at radius 2 is 1.06 bits per heavy atom. The Kier molecular flexibility index (Phi) is 17.6. The van der Waals surface area contributed by atoms with E-state index in [0.29, 0.717) is 59.4 Å². The minimum absolute atomic E-state index is 0. The van der Waals surface area contributed by atoms with Gasteiger partial charge in [-0.25, -0.2) is 36.8 Å². The summed E-state index contributed by atoms with van der Waals surface area (Å²) in [6, 6.07) is 26.6. The number of aryl methyl sites for hydroxylation is 2. The number of fused-ring (bicyclic) bond motifs is 2. The van der Waals surface area contributed by atoms with Gasteiger partial charge in [0.25, 0.3) is 0 Å². The number of nitrogens with one attached hydrogen (secondary N) is 4. The van der Waals surface area contributed by atoms with Gasteiger partial charge >= 0.3 is 0 Å². The summed E-state index contributed by atoms with van der Waals surface area (Å²) < 4.78 is 60.8. The fourth-order valence-corrected chi connectivity index (χ4v) is 10.0. The molecule has 5 heterocycles. The minimum Gasteiger partial charge on any atom is -0.379 e. The smallest absolute Gasteiger partial charge is 0.234 e. The van der Waals surface area contributed by atoms with Gasteiger partial charge in [0.1, 0.15) is 24.3 Å². The van der Waals surface area contributed by atoms with Gasteiger partial charge in [-0.15, -0.1) is 0 Å². The van der Waals surface area contributed by atoms with Gasteiger partial charge in [-0.05, 0) is 111 Å². The van der Waals surface area contributed by atoms with E-state index in [1.54, 1.807) is 24.5 Å². The van der Waals surface area contributed by atoms with Gasteiger partial charge in [-0.3, -0.25) is 24.3 Å². The van der Waals surface area contributed by atoms with E-state index in [1.165, 1.54) is 25.0 Å². The Labute approximate surface area is 430 Å². The molecular weight excluding hydrogens is 996 g/mol. The normalized spacial score (nSPS) is 13.0. The molecule has 0 aliphatic carbocycles. The summed E-state index contributed by atoms with van der Waals surface area (Å²) in [7, 11) is -3.35. The highest BCUT2D eigenvalue weighted by Gasteiger charge is 2.18. The Bertz CT molecular complexity index is 3420. The third kappa shape index (κ3) is 14.3. The Morgan fingerprint density at radius 1 is 0.583 bits per heavy atom. The van der Waals surface area contributed by atoms with Crippen molar-refractivity contribution in [2.24, 2.45) is 0 Å². The molecule has 21 heteroatoms. The largest absolute Gasteiger partial charge is 0.379 e. The molecule has 0 atom stereocenters. The van der Waals surface area contributed by atoms with Gasteiger partial charge in [-0.2, -0.15) is 0 Å². The molecule has 0 saturated carbocycles. The van der Waals surface area contributed by atoms with Gasteiger partial charge < -0.3 is 20.3 Å². The zero-order valence-electron chi connectivity index (χ0n) is 39.4. The van der Waals surface area contributed by atoms with Gasteiger partial charge in [0.05, 0.1) is 59.5 Å². The molecule has 4 aromatic carbocycles.